The van der Waals surface area contributed by atoms with Gasteiger partial charge in [-0.15, -0.1) is 0 Å². The molecule has 1 unspecified atom stereocenters. The minimum absolute atomic E-state index is 0.479. The second-order valence-corrected chi connectivity index (χ2v) is 3.45. The Labute approximate surface area is 62.6 Å². The Balaban J connectivity index is 1.92. The first-order valence-electron chi connectivity index (χ1n) is 4.43. The Morgan fingerprint density at radius 1 is 1.30 bits per heavy atom. The van der Waals surface area contributed by atoms with E-state index >= 15 is 0 Å². The third-order valence-electron chi connectivity index (χ3n) is 2.81. The van der Waals surface area contributed by atoms with E-state index in [-0.39, 0.29) is 0 Å². The van der Waals surface area contributed by atoms with Gasteiger partial charge in [-0.1, -0.05) is 26.2 Å². The topological polar surface area (TPSA) is 25.0 Å². The zero-order chi connectivity index (χ0) is 7.03. The second kappa shape index (κ2) is 2.21. The molecule has 0 aromatic heterocycles. The summed E-state index contributed by atoms with van der Waals surface area (Å²) in [6, 6.07) is 0. The van der Waals surface area contributed by atoms with Crippen molar-refractivity contribution in [2.45, 2.75) is 44.7 Å². The number of rotatable bonds is 1. The van der Waals surface area contributed by atoms with E-state index in [9.17, 15) is 0 Å². The van der Waals surface area contributed by atoms with Crippen molar-refractivity contribution in [3.8, 4) is 0 Å². The summed E-state index contributed by atoms with van der Waals surface area (Å²) < 4.78 is 0. The van der Waals surface area contributed by atoms with Gasteiger partial charge in [0.1, 0.15) is 0 Å². The third-order valence-corrected chi connectivity index (χ3v) is 2.81. The molecule has 2 fully saturated rings. The molecule has 2 rings (SSSR count). The molecule has 2 aliphatic rings. The summed E-state index contributed by atoms with van der Waals surface area (Å²) in [4.78, 5) is 0. The minimum atomic E-state index is 0.479. The van der Waals surface area contributed by atoms with Gasteiger partial charge in [0.05, 0.1) is 5.66 Å². The van der Waals surface area contributed by atoms with Crippen molar-refractivity contribution in [1.29, 1.82) is 0 Å². The predicted octanol–water partition coefficient (Wildman–Crippen LogP) is 1.49. The number of hydrogen-bond donors (Lipinski definition) is 1. The Kier molecular flexibility index (Phi) is 1.46. The number of hydrogen-bond acceptors (Lipinski definition) is 2. The van der Waals surface area contributed by atoms with Crippen molar-refractivity contribution >= 4 is 0 Å². The van der Waals surface area contributed by atoms with Crippen molar-refractivity contribution in [3.63, 3.8) is 0 Å². The SMILES string of the molecule is CCN1NC12CCCCC2. The van der Waals surface area contributed by atoms with Crippen molar-refractivity contribution in [2.75, 3.05) is 6.54 Å². The van der Waals surface area contributed by atoms with Crippen molar-refractivity contribution in [3.05, 3.63) is 0 Å². The highest BCUT2D eigenvalue weighted by Crippen LogP contribution is 2.38. The zero-order valence-electron chi connectivity index (χ0n) is 6.69. The lowest BCUT2D eigenvalue weighted by atomic mass is 9.93. The molecule has 2 heteroatoms. The molecular weight excluding hydrogens is 124 g/mol. The van der Waals surface area contributed by atoms with E-state index < -0.39 is 0 Å². The third kappa shape index (κ3) is 0.867. The fourth-order valence-corrected chi connectivity index (χ4v) is 2.13. The van der Waals surface area contributed by atoms with Crippen LogP contribution in [0.15, 0.2) is 0 Å². The number of nitrogens with one attached hydrogen (secondary N) is 1. The van der Waals surface area contributed by atoms with E-state index in [0.717, 1.165) is 0 Å². The van der Waals surface area contributed by atoms with Gasteiger partial charge < -0.3 is 0 Å². The van der Waals surface area contributed by atoms with Crippen LogP contribution in [0.4, 0.5) is 0 Å². The highest BCUT2D eigenvalue weighted by Gasteiger charge is 2.50. The van der Waals surface area contributed by atoms with Crippen LogP contribution in [0.1, 0.15) is 39.0 Å². The lowest BCUT2D eigenvalue weighted by Gasteiger charge is -2.19. The van der Waals surface area contributed by atoms with Gasteiger partial charge in [-0.3, -0.25) is 0 Å². The maximum atomic E-state index is 3.47. The van der Waals surface area contributed by atoms with Crippen LogP contribution < -0.4 is 5.43 Å². The molecule has 1 saturated carbocycles. The van der Waals surface area contributed by atoms with Gasteiger partial charge in [-0.25, -0.2) is 10.4 Å². The molecule has 0 aromatic rings. The van der Waals surface area contributed by atoms with Gasteiger partial charge in [-0.05, 0) is 12.8 Å². The van der Waals surface area contributed by atoms with E-state index in [0.29, 0.717) is 5.66 Å². The molecule has 0 aromatic carbocycles. The predicted molar refractivity (Wildman–Crippen MR) is 41.3 cm³/mol. The summed E-state index contributed by atoms with van der Waals surface area (Å²) in [7, 11) is 0. The van der Waals surface area contributed by atoms with Gasteiger partial charge in [0.15, 0.2) is 0 Å². The summed E-state index contributed by atoms with van der Waals surface area (Å²) in [5.41, 5.74) is 3.95. The summed E-state index contributed by atoms with van der Waals surface area (Å²) in [6.45, 7) is 3.39. The van der Waals surface area contributed by atoms with Gasteiger partial charge in [0.25, 0.3) is 0 Å². The van der Waals surface area contributed by atoms with Crippen LogP contribution in [0.3, 0.4) is 0 Å². The molecule has 1 N–H and O–H groups in total. The molecule has 1 spiro atoms. The summed E-state index contributed by atoms with van der Waals surface area (Å²) in [5, 5.41) is 2.38. The maximum absolute atomic E-state index is 3.47. The molecule has 0 radical (unpaired) electrons. The van der Waals surface area contributed by atoms with Gasteiger partial charge in [0, 0.05) is 6.54 Å². The van der Waals surface area contributed by atoms with Crippen LogP contribution in [0, 0.1) is 0 Å². The molecule has 2 nitrogen and oxygen atoms in total. The molecule has 1 atom stereocenters. The zero-order valence-corrected chi connectivity index (χ0v) is 6.69. The average Bonchev–Trinajstić information content (AvgIpc) is 2.65. The van der Waals surface area contributed by atoms with Crippen LogP contribution in [-0.2, 0) is 0 Å². The van der Waals surface area contributed by atoms with E-state index in [2.05, 4.69) is 17.4 Å². The lowest BCUT2D eigenvalue weighted by Crippen LogP contribution is -2.22. The monoisotopic (exact) mass is 140 g/mol. The maximum Gasteiger partial charge on any atom is 0.0974 e. The van der Waals surface area contributed by atoms with E-state index in [4.69, 9.17) is 0 Å². The van der Waals surface area contributed by atoms with Crippen LogP contribution in [0.2, 0.25) is 0 Å². The minimum Gasteiger partial charge on any atom is -0.232 e. The van der Waals surface area contributed by atoms with Gasteiger partial charge in [-0.2, -0.15) is 0 Å². The largest absolute Gasteiger partial charge is 0.232 e. The normalized spacial score (nSPS) is 36.3. The van der Waals surface area contributed by atoms with Crippen molar-refractivity contribution < 1.29 is 0 Å². The van der Waals surface area contributed by atoms with E-state index in [1.807, 2.05) is 0 Å². The molecule has 1 aliphatic carbocycles. The fraction of sp³-hybridized carbons (Fsp3) is 1.00. The quantitative estimate of drug-likeness (QED) is 0.558. The molecular formula is C8H16N2. The first-order valence-corrected chi connectivity index (χ1v) is 4.43. The van der Waals surface area contributed by atoms with Gasteiger partial charge >= 0.3 is 0 Å². The summed E-state index contributed by atoms with van der Waals surface area (Å²) in [5.74, 6) is 0. The van der Waals surface area contributed by atoms with Crippen LogP contribution in [-0.4, -0.2) is 17.2 Å². The average molecular weight is 140 g/mol. The molecule has 1 aliphatic heterocycles. The van der Waals surface area contributed by atoms with E-state index in [1.54, 1.807) is 0 Å². The number of nitrogens with zero attached hydrogens (tertiary/aromatic N) is 1. The Morgan fingerprint density at radius 2 is 2.00 bits per heavy atom. The summed E-state index contributed by atoms with van der Waals surface area (Å²) in [6.07, 6.45) is 7.04. The van der Waals surface area contributed by atoms with Crippen LogP contribution >= 0.6 is 0 Å². The first-order chi connectivity index (χ1) is 4.87. The Hall–Kier alpha value is -0.0800. The van der Waals surface area contributed by atoms with E-state index in [1.165, 1.54) is 38.6 Å². The standard InChI is InChI=1S/C8H16N2/c1-2-10-8(9-10)6-4-3-5-7-8/h9H,2-7H2,1H3. The van der Waals surface area contributed by atoms with Crippen LogP contribution in [0.25, 0.3) is 0 Å². The first kappa shape index (κ1) is 6.62. The molecule has 10 heavy (non-hydrogen) atoms. The highest BCUT2D eigenvalue weighted by atomic mass is 15.8. The lowest BCUT2D eigenvalue weighted by molar-refractivity contribution is 0.318. The second-order valence-electron chi connectivity index (χ2n) is 3.45. The Bertz CT molecular complexity index is 127. The number of hydrazine groups is 1. The van der Waals surface area contributed by atoms with Crippen LogP contribution in [0.5, 0.6) is 0 Å². The molecule has 1 saturated heterocycles. The summed E-state index contributed by atoms with van der Waals surface area (Å²) >= 11 is 0. The molecule has 0 amide bonds. The molecule has 0 bridgehead atoms. The fourth-order valence-electron chi connectivity index (χ4n) is 2.13. The highest BCUT2D eigenvalue weighted by molar-refractivity contribution is 4.98. The molecule has 1 heterocycles. The smallest absolute Gasteiger partial charge is 0.0974 e. The van der Waals surface area contributed by atoms with Crippen molar-refractivity contribution in [1.82, 2.24) is 10.4 Å². The van der Waals surface area contributed by atoms with Gasteiger partial charge in [0.2, 0.25) is 0 Å². The molecule has 58 valence electrons. The van der Waals surface area contributed by atoms with Crippen molar-refractivity contribution in [2.24, 2.45) is 0 Å². The Morgan fingerprint density at radius 3 is 2.50 bits per heavy atom.